The Kier molecular flexibility index (Phi) is 6.11. The van der Waals surface area contributed by atoms with Crippen molar-refractivity contribution in [2.75, 3.05) is 5.75 Å². The molecule has 0 radical (unpaired) electrons. The number of aromatic nitrogens is 1. The van der Waals surface area contributed by atoms with E-state index in [4.69, 9.17) is 0 Å². The number of carbonyl (C=O) groups is 1. The maximum absolute atomic E-state index is 10.7. The number of aliphatic hydroxyl groups excluding tert-OH is 1. The van der Waals surface area contributed by atoms with Gasteiger partial charge in [-0.15, -0.1) is 0 Å². The van der Waals surface area contributed by atoms with Crippen molar-refractivity contribution in [2.45, 2.75) is 32.3 Å². The summed E-state index contributed by atoms with van der Waals surface area (Å²) >= 11 is 1.35. The van der Waals surface area contributed by atoms with Crippen LogP contribution in [0.3, 0.4) is 0 Å². The standard InChI is InChI=1S/C12H17NO2S/c1-10(14)16-8-3-2-6-12(15)11-5-4-7-13-9-11/h4-5,7,9,12,15H,2-3,6,8H2,1H3/t12-/m1/s1. The molecule has 1 rings (SSSR count). The lowest BCUT2D eigenvalue weighted by molar-refractivity contribution is -0.109. The molecule has 16 heavy (non-hydrogen) atoms. The molecule has 1 heterocycles. The zero-order valence-corrected chi connectivity index (χ0v) is 10.2. The van der Waals surface area contributed by atoms with Crippen LogP contribution in [-0.2, 0) is 4.79 Å². The molecule has 4 heteroatoms. The first-order chi connectivity index (χ1) is 7.70. The molecule has 0 amide bonds. The summed E-state index contributed by atoms with van der Waals surface area (Å²) in [5.74, 6) is 0.842. The summed E-state index contributed by atoms with van der Waals surface area (Å²) in [4.78, 5) is 14.6. The molecule has 0 unspecified atom stereocenters. The smallest absolute Gasteiger partial charge is 0.185 e. The van der Waals surface area contributed by atoms with Gasteiger partial charge in [-0.25, -0.2) is 0 Å². The van der Waals surface area contributed by atoms with Gasteiger partial charge in [0.2, 0.25) is 0 Å². The summed E-state index contributed by atoms with van der Waals surface area (Å²) in [6, 6.07) is 3.70. The molecular formula is C12H17NO2S. The van der Waals surface area contributed by atoms with Gasteiger partial charge in [-0.1, -0.05) is 17.8 Å². The molecule has 0 saturated carbocycles. The average molecular weight is 239 g/mol. The number of unbranched alkanes of at least 4 members (excludes halogenated alkanes) is 1. The predicted molar refractivity (Wildman–Crippen MR) is 66.2 cm³/mol. The summed E-state index contributed by atoms with van der Waals surface area (Å²) in [6.07, 6.45) is 5.56. The maximum Gasteiger partial charge on any atom is 0.185 e. The Morgan fingerprint density at radius 1 is 1.56 bits per heavy atom. The molecule has 0 aliphatic rings. The van der Waals surface area contributed by atoms with Crippen LogP contribution in [0.5, 0.6) is 0 Å². The summed E-state index contributed by atoms with van der Waals surface area (Å²) in [5.41, 5.74) is 0.863. The molecule has 0 aromatic carbocycles. The number of pyridine rings is 1. The zero-order valence-electron chi connectivity index (χ0n) is 9.43. The lowest BCUT2D eigenvalue weighted by Crippen LogP contribution is -1.98. The van der Waals surface area contributed by atoms with Gasteiger partial charge in [0.15, 0.2) is 5.12 Å². The van der Waals surface area contributed by atoms with E-state index < -0.39 is 6.10 Å². The monoisotopic (exact) mass is 239 g/mol. The highest BCUT2D eigenvalue weighted by atomic mass is 32.2. The van der Waals surface area contributed by atoms with Gasteiger partial charge in [0.05, 0.1) is 6.10 Å². The van der Waals surface area contributed by atoms with E-state index in [9.17, 15) is 9.90 Å². The number of aliphatic hydroxyl groups is 1. The van der Waals surface area contributed by atoms with Crippen LogP contribution in [0.15, 0.2) is 24.5 Å². The fraction of sp³-hybridized carbons (Fsp3) is 0.500. The van der Waals surface area contributed by atoms with E-state index in [0.717, 1.165) is 30.6 Å². The number of hydrogen-bond acceptors (Lipinski definition) is 4. The quantitative estimate of drug-likeness (QED) is 0.775. The van der Waals surface area contributed by atoms with Gasteiger partial charge in [-0.2, -0.15) is 0 Å². The molecule has 0 spiro atoms. The van der Waals surface area contributed by atoms with E-state index in [-0.39, 0.29) is 5.12 Å². The first-order valence-corrected chi connectivity index (χ1v) is 6.40. The third kappa shape index (κ3) is 5.28. The van der Waals surface area contributed by atoms with Crippen LogP contribution in [0.25, 0.3) is 0 Å². The van der Waals surface area contributed by atoms with E-state index >= 15 is 0 Å². The third-order valence-electron chi connectivity index (χ3n) is 2.25. The zero-order chi connectivity index (χ0) is 11.8. The predicted octanol–water partition coefficient (Wildman–Crippen LogP) is 2.57. The molecule has 0 aliphatic carbocycles. The van der Waals surface area contributed by atoms with Crippen LogP contribution in [0.1, 0.15) is 37.9 Å². The normalized spacial score (nSPS) is 12.4. The van der Waals surface area contributed by atoms with Gasteiger partial charge in [0.25, 0.3) is 0 Å². The van der Waals surface area contributed by atoms with Crippen LogP contribution < -0.4 is 0 Å². The number of thioether (sulfide) groups is 1. The van der Waals surface area contributed by atoms with Crippen LogP contribution in [0.4, 0.5) is 0 Å². The van der Waals surface area contributed by atoms with Gasteiger partial charge >= 0.3 is 0 Å². The molecule has 0 fully saturated rings. The summed E-state index contributed by atoms with van der Waals surface area (Å²) in [6.45, 7) is 1.58. The van der Waals surface area contributed by atoms with Crippen molar-refractivity contribution in [3.05, 3.63) is 30.1 Å². The molecule has 0 saturated heterocycles. The van der Waals surface area contributed by atoms with E-state index in [1.54, 1.807) is 19.3 Å². The van der Waals surface area contributed by atoms with Crippen LogP contribution >= 0.6 is 11.8 Å². The first kappa shape index (κ1) is 13.2. The van der Waals surface area contributed by atoms with Crippen molar-refractivity contribution in [1.29, 1.82) is 0 Å². The van der Waals surface area contributed by atoms with Crippen LogP contribution in [0.2, 0.25) is 0 Å². The Hall–Kier alpha value is -0.870. The highest BCUT2D eigenvalue weighted by molar-refractivity contribution is 8.13. The lowest BCUT2D eigenvalue weighted by atomic mass is 10.1. The molecule has 0 aliphatic heterocycles. The maximum atomic E-state index is 10.7. The van der Waals surface area contributed by atoms with Crippen molar-refractivity contribution < 1.29 is 9.90 Å². The van der Waals surface area contributed by atoms with Crippen molar-refractivity contribution in [3.8, 4) is 0 Å². The second-order valence-corrected chi connectivity index (χ2v) is 4.91. The van der Waals surface area contributed by atoms with Crippen molar-refractivity contribution >= 4 is 16.9 Å². The second-order valence-electron chi connectivity index (χ2n) is 3.64. The van der Waals surface area contributed by atoms with E-state index in [1.807, 2.05) is 12.1 Å². The Labute approximate surface area is 100 Å². The van der Waals surface area contributed by atoms with Crippen LogP contribution in [-0.4, -0.2) is 21.0 Å². The SMILES string of the molecule is CC(=O)SCCCC[C@@H](O)c1cccnc1. The highest BCUT2D eigenvalue weighted by Gasteiger charge is 2.06. The number of carbonyl (C=O) groups excluding carboxylic acids is 1. The topological polar surface area (TPSA) is 50.2 Å². The number of hydrogen-bond donors (Lipinski definition) is 1. The molecule has 1 N–H and O–H groups in total. The Morgan fingerprint density at radius 3 is 3.00 bits per heavy atom. The van der Waals surface area contributed by atoms with Gasteiger partial charge in [-0.05, 0) is 30.9 Å². The minimum absolute atomic E-state index is 0.160. The molecule has 3 nitrogen and oxygen atoms in total. The second kappa shape index (κ2) is 7.41. The summed E-state index contributed by atoms with van der Waals surface area (Å²) in [7, 11) is 0. The first-order valence-electron chi connectivity index (χ1n) is 5.41. The summed E-state index contributed by atoms with van der Waals surface area (Å²) < 4.78 is 0. The number of nitrogens with zero attached hydrogens (tertiary/aromatic N) is 1. The van der Waals surface area contributed by atoms with Gasteiger partial charge in [-0.3, -0.25) is 9.78 Å². The summed E-state index contributed by atoms with van der Waals surface area (Å²) in [5, 5.41) is 9.98. The minimum atomic E-state index is -0.434. The molecule has 0 bridgehead atoms. The van der Waals surface area contributed by atoms with E-state index in [1.165, 1.54) is 11.8 Å². The lowest BCUT2D eigenvalue weighted by Gasteiger charge is -2.09. The highest BCUT2D eigenvalue weighted by Crippen LogP contribution is 2.18. The van der Waals surface area contributed by atoms with E-state index in [0.29, 0.717) is 0 Å². The fourth-order valence-corrected chi connectivity index (χ4v) is 2.03. The van der Waals surface area contributed by atoms with Crippen molar-refractivity contribution in [2.24, 2.45) is 0 Å². The van der Waals surface area contributed by atoms with Gasteiger partial charge in [0, 0.05) is 25.1 Å². The van der Waals surface area contributed by atoms with E-state index in [2.05, 4.69) is 4.98 Å². The fourth-order valence-electron chi connectivity index (χ4n) is 1.40. The van der Waals surface area contributed by atoms with Crippen LogP contribution in [0, 0.1) is 0 Å². The largest absolute Gasteiger partial charge is 0.388 e. The molecule has 1 aromatic rings. The van der Waals surface area contributed by atoms with Crippen molar-refractivity contribution in [1.82, 2.24) is 4.98 Å². The number of rotatable bonds is 6. The van der Waals surface area contributed by atoms with Gasteiger partial charge in [0.1, 0.15) is 0 Å². The Balaban J connectivity index is 2.16. The Bertz CT molecular complexity index is 316. The van der Waals surface area contributed by atoms with Gasteiger partial charge < -0.3 is 5.11 Å². The minimum Gasteiger partial charge on any atom is -0.388 e. The Morgan fingerprint density at radius 2 is 2.38 bits per heavy atom. The molecule has 88 valence electrons. The molecule has 1 aromatic heterocycles. The molecule has 1 atom stereocenters. The molecular weight excluding hydrogens is 222 g/mol. The third-order valence-corrected chi connectivity index (χ3v) is 3.15. The average Bonchev–Trinajstić information content (AvgIpc) is 2.29. The van der Waals surface area contributed by atoms with Crippen molar-refractivity contribution in [3.63, 3.8) is 0 Å².